The molecule has 0 bridgehead atoms. The number of ether oxygens (including phenoxy) is 1. The largest absolute Gasteiger partial charge is 0.472 e. The lowest BCUT2D eigenvalue weighted by Crippen LogP contribution is -2.13. The first-order valence-corrected chi connectivity index (χ1v) is 9.25. The summed E-state index contributed by atoms with van der Waals surface area (Å²) in [5, 5.41) is 1.73. The molecule has 3 aromatic rings. The molecular weight excluding hydrogens is 367 g/mol. The van der Waals surface area contributed by atoms with Crippen LogP contribution in [0.2, 0.25) is 10.0 Å². The first-order valence-electron chi connectivity index (χ1n) is 8.50. The first kappa shape index (κ1) is 18.9. The van der Waals surface area contributed by atoms with Crippen molar-refractivity contribution in [1.82, 2.24) is 9.97 Å². The van der Waals surface area contributed by atoms with E-state index in [1.807, 2.05) is 0 Å². The van der Waals surface area contributed by atoms with Gasteiger partial charge in [0, 0.05) is 5.02 Å². The average Bonchev–Trinajstić information content (AvgIpc) is 2.53. The van der Waals surface area contributed by atoms with Crippen molar-refractivity contribution in [1.29, 1.82) is 0 Å². The van der Waals surface area contributed by atoms with Crippen LogP contribution < -0.4 is 4.74 Å². The zero-order valence-electron chi connectivity index (χ0n) is 15.7. The van der Waals surface area contributed by atoms with Crippen molar-refractivity contribution < 1.29 is 4.74 Å². The van der Waals surface area contributed by atoms with E-state index < -0.39 is 0 Å². The summed E-state index contributed by atoms with van der Waals surface area (Å²) in [7, 11) is 0. The third kappa shape index (κ3) is 3.79. The van der Waals surface area contributed by atoms with E-state index in [1.165, 1.54) is 23.0 Å². The van der Waals surface area contributed by atoms with Gasteiger partial charge in [-0.25, -0.2) is 9.97 Å². The molecule has 2 aromatic carbocycles. The molecule has 0 atom stereocenters. The van der Waals surface area contributed by atoms with Crippen LogP contribution in [0.1, 0.15) is 43.0 Å². The number of halogens is 2. The Bertz CT molecular complexity index is 955. The van der Waals surface area contributed by atoms with Crippen molar-refractivity contribution >= 4 is 34.1 Å². The molecule has 0 saturated heterocycles. The molecule has 3 rings (SSSR count). The van der Waals surface area contributed by atoms with E-state index in [1.54, 1.807) is 12.1 Å². The summed E-state index contributed by atoms with van der Waals surface area (Å²) in [6, 6.07) is 7.91. The molecule has 1 aromatic heterocycles. The topological polar surface area (TPSA) is 35.0 Å². The van der Waals surface area contributed by atoms with Crippen LogP contribution in [-0.4, -0.2) is 9.97 Å². The Morgan fingerprint density at radius 2 is 1.62 bits per heavy atom. The Labute approximate surface area is 164 Å². The van der Waals surface area contributed by atoms with Crippen molar-refractivity contribution in [3.63, 3.8) is 0 Å². The maximum Gasteiger partial charge on any atom is 0.224 e. The number of hydrogen-bond donors (Lipinski definition) is 0. The summed E-state index contributed by atoms with van der Waals surface area (Å²) in [5.41, 5.74) is 5.66. The number of aryl methyl sites for hydroxylation is 2. The van der Waals surface area contributed by atoms with Crippen LogP contribution in [0, 0.1) is 13.8 Å². The molecule has 0 aliphatic heterocycles. The summed E-state index contributed by atoms with van der Waals surface area (Å²) < 4.78 is 6.03. The lowest BCUT2D eigenvalue weighted by molar-refractivity contribution is 0.296. The Hall–Kier alpha value is -1.84. The van der Waals surface area contributed by atoms with Gasteiger partial charge in [0.15, 0.2) is 0 Å². The SMILES string of the molecule is Cc1cc(C(C)(C)C)cc(C)c1COc1ncnc2c(Cl)cc(Cl)cc12. The van der Waals surface area contributed by atoms with Crippen LogP contribution in [0.25, 0.3) is 10.9 Å². The highest BCUT2D eigenvalue weighted by Crippen LogP contribution is 2.32. The molecule has 0 aliphatic rings. The van der Waals surface area contributed by atoms with Crippen LogP contribution in [0.5, 0.6) is 5.88 Å². The first-order chi connectivity index (χ1) is 12.2. The highest BCUT2D eigenvalue weighted by Gasteiger charge is 2.17. The average molecular weight is 389 g/mol. The van der Waals surface area contributed by atoms with Crippen LogP contribution >= 0.6 is 23.2 Å². The Balaban J connectivity index is 1.94. The molecule has 0 unspecified atom stereocenters. The maximum atomic E-state index is 6.23. The van der Waals surface area contributed by atoms with Crippen molar-refractivity contribution in [2.45, 2.75) is 46.6 Å². The van der Waals surface area contributed by atoms with E-state index in [4.69, 9.17) is 27.9 Å². The summed E-state index contributed by atoms with van der Waals surface area (Å²) in [4.78, 5) is 8.50. The minimum Gasteiger partial charge on any atom is -0.472 e. The van der Waals surface area contributed by atoms with Crippen molar-refractivity contribution in [2.24, 2.45) is 0 Å². The van der Waals surface area contributed by atoms with E-state index in [0.717, 1.165) is 5.56 Å². The van der Waals surface area contributed by atoms with E-state index in [-0.39, 0.29) is 5.41 Å². The van der Waals surface area contributed by atoms with E-state index >= 15 is 0 Å². The molecule has 0 N–H and O–H groups in total. The fraction of sp³-hybridized carbons (Fsp3) is 0.333. The highest BCUT2D eigenvalue weighted by atomic mass is 35.5. The van der Waals surface area contributed by atoms with E-state index in [2.05, 4.69) is 56.7 Å². The molecule has 0 radical (unpaired) electrons. The van der Waals surface area contributed by atoms with Gasteiger partial charge in [0.05, 0.1) is 15.9 Å². The van der Waals surface area contributed by atoms with Gasteiger partial charge in [-0.15, -0.1) is 0 Å². The van der Waals surface area contributed by atoms with E-state index in [9.17, 15) is 0 Å². The van der Waals surface area contributed by atoms with Gasteiger partial charge < -0.3 is 4.74 Å². The number of benzene rings is 2. The van der Waals surface area contributed by atoms with Crippen molar-refractivity contribution in [3.8, 4) is 5.88 Å². The number of aromatic nitrogens is 2. The fourth-order valence-electron chi connectivity index (χ4n) is 2.98. The van der Waals surface area contributed by atoms with Gasteiger partial charge in [0.1, 0.15) is 12.9 Å². The van der Waals surface area contributed by atoms with Gasteiger partial charge in [0.25, 0.3) is 0 Å². The predicted octanol–water partition coefficient (Wildman–Crippen LogP) is 6.43. The fourth-order valence-corrected chi connectivity index (χ4v) is 3.52. The predicted molar refractivity (Wildman–Crippen MR) is 109 cm³/mol. The Kier molecular flexibility index (Phi) is 5.14. The quantitative estimate of drug-likeness (QED) is 0.518. The van der Waals surface area contributed by atoms with Crippen LogP contribution in [0.15, 0.2) is 30.6 Å². The zero-order valence-corrected chi connectivity index (χ0v) is 17.2. The summed E-state index contributed by atoms with van der Waals surface area (Å²) in [6.07, 6.45) is 1.46. The minimum atomic E-state index is 0.116. The third-order valence-corrected chi connectivity index (χ3v) is 5.04. The molecule has 0 spiro atoms. The molecule has 0 fully saturated rings. The second-order valence-electron chi connectivity index (χ2n) is 7.59. The Morgan fingerprint density at radius 1 is 0.962 bits per heavy atom. The summed E-state index contributed by atoms with van der Waals surface area (Å²) in [5.74, 6) is 0.484. The Morgan fingerprint density at radius 3 is 2.23 bits per heavy atom. The zero-order chi connectivity index (χ0) is 19.1. The van der Waals surface area contributed by atoms with Gasteiger partial charge in [-0.3, -0.25) is 0 Å². The molecule has 0 amide bonds. The van der Waals surface area contributed by atoms with Crippen molar-refractivity contribution in [3.05, 3.63) is 62.9 Å². The van der Waals surface area contributed by atoms with E-state index in [0.29, 0.717) is 33.4 Å². The summed E-state index contributed by atoms with van der Waals surface area (Å²) in [6.45, 7) is 11.3. The maximum absolute atomic E-state index is 6.23. The second kappa shape index (κ2) is 7.05. The monoisotopic (exact) mass is 388 g/mol. The molecule has 136 valence electrons. The number of hydrogen-bond acceptors (Lipinski definition) is 3. The van der Waals surface area contributed by atoms with Gasteiger partial charge in [0.2, 0.25) is 5.88 Å². The van der Waals surface area contributed by atoms with Crippen LogP contribution in [-0.2, 0) is 12.0 Å². The van der Waals surface area contributed by atoms with Gasteiger partial charge >= 0.3 is 0 Å². The lowest BCUT2D eigenvalue weighted by atomic mass is 9.84. The third-order valence-electron chi connectivity index (χ3n) is 4.54. The lowest BCUT2D eigenvalue weighted by Gasteiger charge is -2.22. The van der Waals surface area contributed by atoms with Crippen LogP contribution in [0.3, 0.4) is 0 Å². The van der Waals surface area contributed by atoms with Gasteiger partial charge in [-0.1, -0.05) is 56.1 Å². The number of rotatable bonds is 3. The minimum absolute atomic E-state index is 0.116. The number of nitrogens with zero attached hydrogens (tertiary/aromatic N) is 2. The molecule has 0 saturated carbocycles. The molecule has 5 heteroatoms. The molecule has 0 aliphatic carbocycles. The molecule has 3 nitrogen and oxygen atoms in total. The number of fused-ring (bicyclic) bond motifs is 1. The molecular formula is C21H22Cl2N2O. The summed E-state index contributed by atoms with van der Waals surface area (Å²) >= 11 is 12.4. The second-order valence-corrected chi connectivity index (χ2v) is 8.43. The van der Waals surface area contributed by atoms with Gasteiger partial charge in [-0.05, 0) is 53.6 Å². The molecule has 1 heterocycles. The van der Waals surface area contributed by atoms with Gasteiger partial charge in [-0.2, -0.15) is 0 Å². The van der Waals surface area contributed by atoms with Crippen LogP contribution in [0.4, 0.5) is 0 Å². The normalized spacial score (nSPS) is 11.8. The standard InChI is InChI=1S/C21H22Cl2N2O/c1-12-6-14(21(3,4)5)7-13(2)17(12)10-26-20-16-8-15(22)9-18(23)19(16)24-11-25-20/h6-9,11H,10H2,1-5H3. The smallest absolute Gasteiger partial charge is 0.224 e. The van der Waals surface area contributed by atoms with Crippen molar-refractivity contribution in [2.75, 3.05) is 0 Å². The highest BCUT2D eigenvalue weighted by molar-refractivity contribution is 6.38. The molecule has 26 heavy (non-hydrogen) atoms.